The maximum absolute atomic E-state index is 13.5. The summed E-state index contributed by atoms with van der Waals surface area (Å²) in [5.41, 5.74) is 10.8. The molecule has 0 bridgehead atoms. The van der Waals surface area contributed by atoms with Crippen LogP contribution in [0.5, 0.6) is 0 Å². The summed E-state index contributed by atoms with van der Waals surface area (Å²) in [7, 11) is 0. The first-order valence-electron chi connectivity index (χ1n) is 11.9. The summed E-state index contributed by atoms with van der Waals surface area (Å²) < 4.78 is 1.80. The smallest absolute Gasteiger partial charge is 0.314 e. The van der Waals surface area contributed by atoms with Gasteiger partial charge in [-0.2, -0.15) is 5.10 Å². The average molecular weight is 464 g/mol. The Kier molecular flexibility index (Phi) is 6.72. The first-order chi connectivity index (χ1) is 16.3. The summed E-state index contributed by atoms with van der Waals surface area (Å²) in [5, 5.41) is 11.9. The molecule has 0 radical (unpaired) electrons. The normalized spacial score (nSPS) is 16.6. The Bertz CT molecular complexity index is 1220. The monoisotopic (exact) mass is 463 g/mol. The second kappa shape index (κ2) is 9.70. The fraction of sp³-hybridized carbons (Fsp3) is 0.440. The van der Waals surface area contributed by atoms with Gasteiger partial charge in [-0.05, 0) is 44.7 Å². The SMILES string of the molecule is CCC(NC(=O)c1cnc2c(cnn2CC)c1N[C@@H]1CCN(C(N)=O)C1)c1ccc(C)cc1C. The molecule has 3 amide bonds. The third-order valence-electron chi connectivity index (χ3n) is 6.57. The van der Waals surface area contributed by atoms with Crippen molar-refractivity contribution in [3.8, 4) is 0 Å². The van der Waals surface area contributed by atoms with Gasteiger partial charge in [0.1, 0.15) is 0 Å². The Labute approximate surface area is 199 Å². The van der Waals surface area contributed by atoms with Gasteiger partial charge in [-0.15, -0.1) is 0 Å². The molecule has 1 aromatic carbocycles. The van der Waals surface area contributed by atoms with Gasteiger partial charge in [-0.1, -0.05) is 30.7 Å². The van der Waals surface area contributed by atoms with E-state index in [0.29, 0.717) is 36.5 Å². The van der Waals surface area contributed by atoms with E-state index in [2.05, 4.69) is 59.7 Å². The second-order valence-corrected chi connectivity index (χ2v) is 8.95. The molecule has 34 heavy (non-hydrogen) atoms. The van der Waals surface area contributed by atoms with Crippen molar-refractivity contribution in [3.63, 3.8) is 0 Å². The number of urea groups is 1. The van der Waals surface area contributed by atoms with Crippen molar-refractivity contribution in [1.82, 2.24) is 25.0 Å². The van der Waals surface area contributed by atoms with E-state index < -0.39 is 6.03 Å². The molecule has 1 aliphatic rings. The summed E-state index contributed by atoms with van der Waals surface area (Å²) in [6.07, 6.45) is 4.87. The van der Waals surface area contributed by atoms with Crippen LogP contribution in [0.4, 0.5) is 10.5 Å². The van der Waals surface area contributed by atoms with Gasteiger partial charge in [-0.25, -0.2) is 14.5 Å². The lowest BCUT2D eigenvalue weighted by atomic mass is 9.97. The number of benzene rings is 1. The van der Waals surface area contributed by atoms with Gasteiger partial charge in [0.05, 0.1) is 28.9 Å². The number of nitrogens with zero attached hydrogens (tertiary/aromatic N) is 4. The number of likely N-dealkylation sites (tertiary alicyclic amines) is 1. The summed E-state index contributed by atoms with van der Waals surface area (Å²) in [5.74, 6) is -0.197. The number of anilines is 1. The van der Waals surface area contributed by atoms with Crippen molar-refractivity contribution in [3.05, 3.63) is 52.8 Å². The van der Waals surface area contributed by atoms with Gasteiger partial charge in [0.2, 0.25) is 0 Å². The minimum atomic E-state index is -0.430. The predicted molar refractivity (Wildman–Crippen MR) is 133 cm³/mol. The number of carbonyl (C=O) groups excluding carboxylic acids is 2. The molecule has 0 aliphatic carbocycles. The van der Waals surface area contributed by atoms with Crippen molar-refractivity contribution >= 4 is 28.7 Å². The number of hydrogen-bond donors (Lipinski definition) is 3. The number of primary amides is 1. The molecule has 180 valence electrons. The Morgan fingerprint density at radius 1 is 1.24 bits per heavy atom. The molecule has 1 unspecified atom stereocenters. The Morgan fingerprint density at radius 3 is 2.68 bits per heavy atom. The molecule has 0 spiro atoms. The summed E-state index contributed by atoms with van der Waals surface area (Å²) in [4.78, 5) is 31.3. The van der Waals surface area contributed by atoms with Crippen LogP contribution in [0.25, 0.3) is 11.0 Å². The first kappa shape index (κ1) is 23.5. The van der Waals surface area contributed by atoms with Gasteiger partial charge in [0.25, 0.3) is 5.91 Å². The lowest BCUT2D eigenvalue weighted by molar-refractivity contribution is 0.0936. The quantitative estimate of drug-likeness (QED) is 0.495. The summed E-state index contributed by atoms with van der Waals surface area (Å²) in [6, 6.07) is 5.72. The molecule has 1 aliphatic heterocycles. The third kappa shape index (κ3) is 4.55. The second-order valence-electron chi connectivity index (χ2n) is 8.95. The summed E-state index contributed by atoms with van der Waals surface area (Å²) in [6.45, 7) is 9.94. The highest BCUT2D eigenvalue weighted by atomic mass is 16.2. The van der Waals surface area contributed by atoms with E-state index >= 15 is 0 Å². The minimum absolute atomic E-state index is 0.0176. The highest BCUT2D eigenvalue weighted by Gasteiger charge is 2.28. The molecule has 9 heteroatoms. The molecule has 0 saturated carbocycles. The molecule has 1 saturated heterocycles. The molecule has 2 atom stereocenters. The van der Waals surface area contributed by atoms with E-state index in [1.807, 2.05) is 6.92 Å². The van der Waals surface area contributed by atoms with Crippen LogP contribution in [-0.2, 0) is 6.54 Å². The average Bonchev–Trinajstić information content (AvgIpc) is 3.45. The minimum Gasteiger partial charge on any atom is -0.379 e. The molecule has 3 heterocycles. The van der Waals surface area contributed by atoms with Crippen LogP contribution in [0, 0.1) is 13.8 Å². The number of nitrogens with one attached hydrogen (secondary N) is 2. The van der Waals surface area contributed by atoms with Crippen LogP contribution >= 0.6 is 0 Å². The van der Waals surface area contributed by atoms with E-state index in [1.165, 1.54) is 5.56 Å². The number of hydrogen-bond acceptors (Lipinski definition) is 5. The van der Waals surface area contributed by atoms with Crippen LogP contribution < -0.4 is 16.4 Å². The lowest BCUT2D eigenvalue weighted by Gasteiger charge is -2.22. The van der Waals surface area contributed by atoms with Crippen LogP contribution in [-0.4, -0.2) is 50.7 Å². The van der Waals surface area contributed by atoms with Crippen LogP contribution in [0.1, 0.15) is 59.8 Å². The molecule has 4 rings (SSSR count). The van der Waals surface area contributed by atoms with Crippen molar-refractivity contribution in [2.75, 3.05) is 18.4 Å². The van der Waals surface area contributed by atoms with E-state index in [0.717, 1.165) is 29.4 Å². The first-order valence-corrected chi connectivity index (χ1v) is 11.9. The molecular weight excluding hydrogens is 430 g/mol. The Hall–Kier alpha value is -3.62. The fourth-order valence-electron chi connectivity index (χ4n) is 4.72. The maximum Gasteiger partial charge on any atom is 0.314 e. The number of amides is 3. The number of carbonyl (C=O) groups is 2. The van der Waals surface area contributed by atoms with Gasteiger partial charge in [-0.3, -0.25) is 4.79 Å². The maximum atomic E-state index is 13.5. The van der Waals surface area contributed by atoms with Crippen molar-refractivity contribution in [2.45, 2.75) is 59.2 Å². The lowest BCUT2D eigenvalue weighted by Crippen LogP contribution is -2.36. The number of fused-ring (bicyclic) bond motifs is 1. The van der Waals surface area contributed by atoms with Crippen LogP contribution in [0.2, 0.25) is 0 Å². The molecule has 4 N–H and O–H groups in total. The largest absolute Gasteiger partial charge is 0.379 e. The van der Waals surface area contributed by atoms with Gasteiger partial charge in [0.15, 0.2) is 5.65 Å². The fourth-order valence-corrected chi connectivity index (χ4v) is 4.72. The number of rotatable bonds is 7. The van der Waals surface area contributed by atoms with Crippen molar-refractivity contribution < 1.29 is 9.59 Å². The number of pyridine rings is 1. The third-order valence-corrected chi connectivity index (χ3v) is 6.57. The summed E-state index contributed by atoms with van der Waals surface area (Å²) >= 11 is 0. The van der Waals surface area contributed by atoms with Crippen LogP contribution in [0.15, 0.2) is 30.6 Å². The Balaban J connectivity index is 1.67. The van der Waals surface area contributed by atoms with E-state index in [4.69, 9.17) is 5.73 Å². The van der Waals surface area contributed by atoms with E-state index in [9.17, 15) is 9.59 Å². The topological polar surface area (TPSA) is 118 Å². The van der Waals surface area contributed by atoms with Gasteiger partial charge < -0.3 is 21.3 Å². The zero-order chi connectivity index (χ0) is 24.4. The van der Waals surface area contributed by atoms with Gasteiger partial charge in [0, 0.05) is 31.9 Å². The van der Waals surface area contributed by atoms with Gasteiger partial charge >= 0.3 is 6.03 Å². The van der Waals surface area contributed by atoms with Crippen molar-refractivity contribution in [1.29, 1.82) is 0 Å². The molecule has 2 aromatic heterocycles. The van der Waals surface area contributed by atoms with E-state index in [-0.39, 0.29) is 18.0 Å². The predicted octanol–water partition coefficient (Wildman–Crippen LogP) is 3.51. The van der Waals surface area contributed by atoms with Crippen LogP contribution in [0.3, 0.4) is 0 Å². The Morgan fingerprint density at radius 2 is 2.03 bits per heavy atom. The highest BCUT2D eigenvalue weighted by molar-refractivity contribution is 6.06. The molecular formula is C25H33N7O2. The number of aryl methyl sites for hydroxylation is 3. The zero-order valence-corrected chi connectivity index (χ0v) is 20.3. The zero-order valence-electron chi connectivity index (χ0n) is 20.3. The molecule has 9 nitrogen and oxygen atoms in total. The molecule has 1 fully saturated rings. The number of aromatic nitrogens is 3. The number of nitrogens with two attached hydrogens (primary N) is 1. The van der Waals surface area contributed by atoms with Crippen molar-refractivity contribution in [2.24, 2.45) is 5.73 Å². The standard InChI is InChI=1S/C25H33N7O2/c1-5-21(18-8-7-15(3)11-16(18)4)30-24(33)20-12-27-23-19(13-28-32(23)6-2)22(20)29-17-9-10-31(14-17)25(26)34/h7-8,11-13,17,21H,5-6,9-10,14H2,1-4H3,(H2,26,34)(H,27,29)(H,30,33)/t17-,21?/m1/s1. The highest BCUT2D eigenvalue weighted by Crippen LogP contribution is 2.30. The molecule has 3 aromatic rings. The van der Waals surface area contributed by atoms with E-state index in [1.54, 1.807) is 22.0 Å².